The van der Waals surface area contributed by atoms with Crippen molar-refractivity contribution in [2.75, 3.05) is 16.3 Å². The van der Waals surface area contributed by atoms with E-state index < -0.39 is 50.5 Å². The molecule has 0 saturated heterocycles. The molecule has 3 aromatic carbocycles. The van der Waals surface area contributed by atoms with Crippen LogP contribution in [0, 0.1) is 0 Å². The molecule has 0 radical (unpaired) electrons. The second kappa shape index (κ2) is 9.17. The summed E-state index contributed by atoms with van der Waals surface area (Å²) in [5, 5.41) is 13.0. The molecule has 4 rings (SSSR count). The number of aromatic amines is 1. The van der Waals surface area contributed by atoms with Gasteiger partial charge in [0.15, 0.2) is 0 Å². The Kier molecular flexibility index (Phi) is 6.34. The van der Waals surface area contributed by atoms with E-state index in [2.05, 4.69) is 15.0 Å². The molecule has 2 amide bonds. The van der Waals surface area contributed by atoms with Crippen molar-refractivity contribution in [1.29, 1.82) is 0 Å². The molecule has 1 aromatic heterocycles. The highest BCUT2D eigenvalue weighted by atomic mass is 32.2. The molecule has 0 bridgehead atoms. The van der Waals surface area contributed by atoms with E-state index in [9.17, 15) is 36.3 Å². The Labute approximate surface area is 208 Å². The molecular formula is C24H19F3N4O5S. The fourth-order valence-electron chi connectivity index (χ4n) is 3.75. The van der Waals surface area contributed by atoms with Gasteiger partial charge in [-0.3, -0.25) is 14.3 Å². The van der Waals surface area contributed by atoms with Gasteiger partial charge in [0.25, 0.3) is 11.8 Å². The van der Waals surface area contributed by atoms with Crippen LogP contribution in [0.1, 0.15) is 26.4 Å². The van der Waals surface area contributed by atoms with Crippen LogP contribution in [-0.2, 0) is 16.2 Å². The number of nitrogens with two attached hydrogens (primary N) is 1. The summed E-state index contributed by atoms with van der Waals surface area (Å²) in [7, 11) is -3.50. The Balaban J connectivity index is 1.66. The number of nitrogens with one attached hydrogen (secondary N) is 3. The van der Waals surface area contributed by atoms with E-state index in [1.807, 2.05) is 0 Å². The lowest BCUT2D eigenvalue weighted by molar-refractivity contribution is -0.137. The minimum atomic E-state index is -4.85. The van der Waals surface area contributed by atoms with Crippen LogP contribution in [0.2, 0.25) is 0 Å². The molecule has 13 heteroatoms. The van der Waals surface area contributed by atoms with Crippen LogP contribution in [0.5, 0.6) is 5.75 Å². The summed E-state index contributed by atoms with van der Waals surface area (Å²) in [6.07, 6.45) is -3.85. The molecule has 0 fully saturated rings. The minimum absolute atomic E-state index is 0.0146. The summed E-state index contributed by atoms with van der Waals surface area (Å²) in [6.45, 7) is 0. The minimum Gasteiger partial charge on any atom is -0.507 e. The van der Waals surface area contributed by atoms with Crippen molar-refractivity contribution >= 4 is 44.1 Å². The highest BCUT2D eigenvalue weighted by Gasteiger charge is 2.35. The summed E-state index contributed by atoms with van der Waals surface area (Å²) >= 11 is 0. The summed E-state index contributed by atoms with van der Waals surface area (Å²) < 4.78 is 66.2. The molecular weight excluding hydrogens is 513 g/mol. The lowest BCUT2D eigenvalue weighted by Crippen LogP contribution is -2.14. The summed E-state index contributed by atoms with van der Waals surface area (Å²) in [6, 6.07) is 12.9. The number of carbonyl (C=O) groups excluding carboxylic acids is 2. The second-order valence-corrected chi connectivity index (χ2v) is 9.92. The van der Waals surface area contributed by atoms with E-state index in [0.29, 0.717) is 22.7 Å². The molecule has 0 unspecified atom stereocenters. The number of rotatable bonds is 6. The molecule has 4 aromatic rings. The molecule has 0 aliphatic heterocycles. The molecule has 1 heterocycles. The number of primary amides is 1. The van der Waals surface area contributed by atoms with Crippen molar-refractivity contribution in [2.24, 2.45) is 5.73 Å². The topological polar surface area (TPSA) is 154 Å². The average Bonchev–Trinajstić information content (AvgIpc) is 3.21. The van der Waals surface area contributed by atoms with E-state index >= 15 is 0 Å². The van der Waals surface area contributed by atoms with Crippen molar-refractivity contribution in [3.63, 3.8) is 0 Å². The van der Waals surface area contributed by atoms with Gasteiger partial charge >= 0.3 is 6.18 Å². The van der Waals surface area contributed by atoms with Crippen LogP contribution in [0.15, 0.2) is 60.7 Å². The number of alkyl halides is 3. The van der Waals surface area contributed by atoms with Crippen LogP contribution in [0.4, 0.5) is 24.5 Å². The SMILES string of the molecule is CS(=O)(=O)Nc1ccc2cc(C(=O)Nc3cccc(-c4cc(C(N)=O)c(O)cc4C(F)(F)F)c3)[nH]c2c1. The number of halogens is 3. The first kappa shape index (κ1) is 25.6. The first-order valence-electron chi connectivity index (χ1n) is 10.5. The third-order valence-electron chi connectivity index (χ3n) is 5.31. The van der Waals surface area contributed by atoms with E-state index in [0.717, 1.165) is 12.3 Å². The Bertz CT molecular complexity index is 1660. The van der Waals surface area contributed by atoms with Gasteiger partial charge < -0.3 is 21.1 Å². The third-order valence-corrected chi connectivity index (χ3v) is 5.91. The van der Waals surface area contributed by atoms with Gasteiger partial charge in [-0.25, -0.2) is 8.42 Å². The number of anilines is 2. The lowest BCUT2D eigenvalue weighted by atomic mass is 9.95. The van der Waals surface area contributed by atoms with E-state index in [4.69, 9.17) is 5.73 Å². The number of hydrogen-bond acceptors (Lipinski definition) is 5. The van der Waals surface area contributed by atoms with E-state index in [1.165, 1.54) is 42.5 Å². The van der Waals surface area contributed by atoms with Crippen LogP contribution in [-0.4, -0.2) is 36.6 Å². The van der Waals surface area contributed by atoms with Gasteiger partial charge in [-0.05, 0) is 53.6 Å². The first-order valence-corrected chi connectivity index (χ1v) is 12.4. The fourth-order valence-corrected chi connectivity index (χ4v) is 4.30. The van der Waals surface area contributed by atoms with Crippen molar-refractivity contribution in [2.45, 2.75) is 6.18 Å². The summed E-state index contributed by atoms with van der Waals surface area (Å²) in [5.74, 6) is -2.61. The molecule has 192 valence electrons. The zero-order valence-corrected chi connectivity index (χ0v) is 19.8. The van der Waals surface area contributed by atoms with E-state index in [-0.39, 0.29) is 16.9 Å². The molecule has 0 atom stereocenters. The van der Waals surface area contributed by atoms with Gasteiger partial charge in [0.2, 0.25) is 10.0 Å². The van der Waals surface area contributed by atoms with Crippen molar-refractivity contribution in [1.82, 2.24) is 4.98 Å². The van der Waals surface area contributed by atoms with Gasteiger partial charge in [-0.1, -0.05) is 18.2 Å². The molecule has 0 spiro atoms. The van der Waals surface area contributed by atoms with Crippen LogP contribution in [0.3, 0.4) is 0 Å². The molecule has 0 saturated carbocycles. The Morgan fingerprint density at radius 2 is 1.73 bits per heavy atom. The van der Waals surface area contributed by atoms with Crippen LogP contribution < -0.4 is 15.8 Å². The fraction of sp³-hybridized carbons (Fsp3) is 0.0833. The molecule has 9 nitrogen and oxygen atoms in total. The Hall–Kier alpha value is -4.52. The Morgan fingerprint density at radius 1 is 1.00 bits per heavy atom. The summed E-state index contributed by atoms with van der Waals surface area (Å²) in [4.78, 5) is 27.3. The monoisotopic (exact) mass is 532 g/mol. The van der Waals surface area contributed by atoms with Gasteiger partial charge in [0.1, 0.15) is 11.4 Å². The number of carbonyl (C=O) groups is 2. The van der Waals surface area contributed by atoms with Crippen molar-refractivity contribution in [3.8, 4) is 16.9 Å². The van der Waals surface area contributed by atoms with Gasteiger partial charge in [-0.15, -0.1) is 0 Å². The molecule has 0 aliphatic carbocycles. The van der Waals surface area contributed by atoms with Gasteiger partial charge in [0.05, 0.1) is 23.1 Å². The van der Waals surface area contributed by atoms with Crippen LogP contribution >= 0.6 is 0 Å². The number of phenols is 1. The molecule has 37 heavy (non-hydrogen) atoms. The average molecular weight is 533 g/mol. The molecule has 0 aliphatic rings. The predicted octanol–water partition coefficient (Wildman–Crippen LogP) is 4.28. The second-order valence-electron chi connectivity index (χ2n) is 8.17. The van der Waals surface area contributed by atoms with Gasteiger partial charge in [0, 0.05) is 16.6 Å². The quantitative estimate of drug-likeness (QED) is 0.251. The zero-order chi connectivity index (χ0) is 27.1. The highest BCUT2D eigenvalue weighted by Crippen LogP contribution is 2.41. The predicted molar refractivity (Wildman–Crippen MR) is 132 cm³/mol. The maximum Gasteiger partial charge on any atom is 0.417 e. The smallest absolute Gasteiger partial charge is 0.417 e. The number of fused-ring (bicyclic) bond motifs is 1. The van der Waals surface area contributed by atoms with E-state index in [1.54, 1.807) is 6.07 Å². The molecule has 6 N–H and O–H groups in total. The first-order chi connectivity index (χ1) is 17.2. The largest absolute Gasteiger partial charge is 0.507 e. The Morgan fingerprint density at radius 3 is 2.38 bits per heavy atom. The maximum absolute atomic E-state index is 13.7. The summed E-state index contributed by atoms with van der Waals surface area (Å²) in [5.41, 5.74) is 4.15. The van der Waals surface area contributed by atoms with Crippen LogP contribution in [0.25, 0.3) is 22.0 Å². The maximum atomic E-state index is 13.7. The number of sulfonamides is 1. The number of aromatic hydroxyl groups is 1. The number of aromatic nitrogens is 1. The zero-order valence-electron chi connectivity index (χ0n) is 19.0. The third kappa shape index (κ3) is 5.67. The lowest BCUT2D eigenvalue weighted by Gasteiger charge is -2.16. The number of benzene rings is 3. The van der Waals surface area contributed by atoms with Crippen molar-refractivity contribution in [3.05, 3.63) is 77.5 Å². The van der Waals surface area contributed by atoms with Gasteiger partial charge in [-0.2, -0.15) is 13.2 Å². The highest BCUT2D eigenvalue weighted by molar-refractivity contribution is 7.92. The van der Waals surface area contributed by atoms with Crippen molar-refractivity contribution < 1.29 is 36.3 Å². The number of hydrogen-bond donors (Lipinski definition) is 5. The standard InChI is InChI=1S/C24H19F3N4O5S/c1-37(35,36)31-15-6-5-13-8-20(30-19(13)9-15)23(34)29-14-4-2-3-12(7-14)16-10-17(22(28)33)21(32)11-18(16)24(25,26)27/h2-11,30-32H,1H3,(H2,28,33)(H,29,34). The number of amides is 2. The number of H-pyrrole nitrogens is 1. The normalized spacial score (nSPS) is 11.9.